The zero-order valence-electron chi connectivity index (χ0n) is 17.9. The molecule has 4 nitrogen and oxygen atoms in total. The van der Waals surface area contributed by atoms with Crippen molar-refractivity contribution in [3.05, 3.63) is 0 Å². The van der Waals surface area contributed by atoms with Gasteiger partial charge in [0.25, 0.3) is 0 Å². The summed E-state index contributed by atoms with van der Waals surface area (Å²) in [6.07, 6.45) is 8.71. The van der Waals surface area contributed by atoms with Crippen LogP contribution in [0.15, 0.2) is 0 Å². The summed E-state index contributed by atoms with van der Waals surface area (Å²) in [5.41, 5.74) is 0.246. The zero-order valence-corrected chi connectivity index (χ0v) is 17.9. The second-order valence-corrected chi connectivity index (χ2v) is 11.5. The maximum atomic E-state index is 13.0. The number of rotatable bonds is 1. The van der Waals surface area contributed by atoms with E-state index in [0.29, 0.717) is 24.3 Å². The fourth-order valence-electron chi connectivity index (χ4n) is 7.59. The van der Waals surface area contributed by atoms with Crippen LogP contribution in [-0.2, 0) is 9.59 Å². The van der Waals surface area contributed by atoms with Crippen molar-refractivity contribution in [1.29, 1.82) is 0 Å². The molecule has 0 aromatic heterocycles. The first kappa shape index (κ1) is 19.3. The molecule has 1 aliphatic heterocycles. The van der Waals surface area contributed by atoms with Gasteiger partial charge >= 0.3 is 0 Å². The monoisotopic (exact) mass is 374 g/mol. The average Bonchev–Trinajstić information content (AvgIpc) is 2.91. The molecule has 0 aromatic carbocycles. The van der Waals surface area contributed by atoms with Crippen molar-refractivity contribution in [2.45, 2.75) is 97.6 Å². The first-order chi connectivity index (χ1) is 12.5. The Morgan fingerprint density at radius 1 is 1.00 bits per heavy atom. The molecule has 1 saturated heterocycles. The van der Waals surface area contributed by atoms with Crippen LogP contribution >= 0.6 is 0 Å². The molecule has 4 fully saturated rings. The van der Waals surface area contributed by atoms with Gasteiger partial charge in [-0.1, -0.05) is 13.8 Å². The number of amides is 2. The SMILES string of the molecule is CC(C)(C)NC(=O)[C@H]1CCC2C3CCC4NC(=O)CC[C@]4(C)C3CC[C@@]21C. The van der Waals surface area contributed by atoms with Gasteiger partial charge in [0.2, 0.25) is 11.8 Å². The highest BCUT2D eigenvalue weighted by Crippen LogP contribution is 2.65. The molecule has 7 atom stereocenters. The lowest BCUT2D eigenvalue weighted by atomic mass is 9.47. The Morgan fingerprint density at radius 2 is 1.70 bits per heavy atom. The lowest BCUT2D eigenvalue weighted by Crippen LogP contribution is -2.61. The molecular weight excluding hydrogens is 336 g/mol. The molecule has 4 unspecified atom stereocenters. The molecule has 3 saturated carbocycles. The van der Waals surface area contributed by atoms with E-state index in [9.17, 15) is 9.59 Å². The Hall–Kier alpha value is -1.06. The predicted molar refractivity (Wildman–Crippen MR) is 107 cm³/mol. The van der Waals surface area contributed by atoms with E-state index in [4.69, 9.17) is 0 Å². The minimum Gasteiger partial charge on any atom is -0.353 e. The number of piperidine rings is 1. The molecule has 2 amide bonds. The molecule has 4 rings (SSSR count). The molecule has 3 aliphatic carbocycles. The van der Waals surface area contributed by atoms with Crippen molar-refractivity contribution in [2.24, 2.45) is 34.5 Å². The predicted octanol–water partition coefficient (Wildman–Crippen LogP) is 4.04. The summed E-state index contributed by atoms with van der Waals surface area (Å²) in [6.45, 7) is 11.1. The van der Waals surface area contributed by atoms with Crippen LogP contribution in [0.4, 0.5) is 0 Å². The fraction of sp³-hybridized carbons (Fsp3) is 0.913. The Balaban J connectivity index is 1.55. The van der Waals surface area contributed by atoms with E-state index in [1.54, 1.807) is 0 Å². The molecule has 152 valence electrons. The summed E-state index contributed by atoms with van der Waals surface area (Å²) >= 11 is 0. The van der Waals surface area contributed by atoms with Gasteiger partial charge in [-0.25, -0.2) is 0 Å². The maximum Gasteiger partial charge on any atom is 0.224 e. The van der Waals surface area contributed by atoms with Crippen LogP contribution in [0.3, 0.4) is 0 Å². The van der Waals surface area contributed by atoms with Gasteiger partial charge in [0.05, 0.1) is 0 Å². The third kappa shape index (κ3) is 3.02. The summed E-state index contributed by atoms with van der Waals surface area (Å²) in [7, 11) is 0. The van der Waals surface area contributed by atoms with Gasteiger partial charge in [0, 0.05) is 23.9 Å². The maximum absolute atomic E-state index is 13.0. The molecule has 27 heavy (non-hydrogen) atoms. The summed E-state index contributed by atoms with van der Waals surface area (Å²) < 4.78 is 0. The first-order valence-electron chi connectivity index (χ1n) is 11.2. The number of hydrogen-bond acceptors (Lipinski definition) is 2. The van der Waals surface area contributed by atoms with Gasteiger partial charge in [-0.05, 0) is 94.3 Å². The van der Waals surface area contributed by atoms with Gasteiger partial charge in [0.1, 0.15) is 0 Å². The average molecular weight is 375 g/mol. The van der Waals surface area contributed by atoms with E-state index in [2.05, 4.69) is 45.3 Å². The topological polar surface area (TPSA) is 58.2 Å². The highest BCUT2D eigenvalue weighted by molar-refractivity contribution is 5.80. The molecule has 2 N–H and O–H groups in total. The van der Waals surface area contributed by atoms with Gasteiger partial charge in [-0.15, -0.1) is 0 Å². The third-order valence-corrected chi connectivity index (χ3v) is 8.91. The Kier molecular flexibility index (Phi) is 4.44. The molecule has 4 aliphatic rings. The minimum atomic E-state index is -0.158. The molecule has 4 heteroatoms. The number of carbonyl (C=O) groups is 2. The second-order valence-electron chi connectivity index (χ2n) is 11.5. The largest absolute Gasteiger partial charge is 0.353 e. The molecule has 0 aromatic rings. The normalized spacial score (nSPS) is 46.7. The standard InChI is InChI=1S/C23H38N2O2/c1-21(2,3)25-20(27)17-8-7-15-14-6-9-18-23(5,13-11-19(26)24-18)16(14)10-12-22(15,17)4/h14-18H,6-13H2,1-5H3,(H,24,26)(H,25,27)/t14?,15?,16?,17-,18?,22+,23-/m1/s1. The smallest absolute Gasteiger partial charge is 0.224 e. The lowest BCUT2D eigenvalue weighted by Gasteiger charge is -2.60. The van der Waals surface area contributed by atoms with Gasteiger partial charge in [-0.2, -0.15) is 0 Å². The van der Waals surface area contributed by atoms with Gasteiger partial charge in [0.15, 0.2) is 0 Å². The highest BCUT2D eigenvalue weighted by atomic mass is 16.2. The number of carbonyl (C=O) groups excluding carboxylic acids is 2. The lowest BCUT2D eigenvalue weighted by molar-refractivity contribution is -0.142. The van der Waals surface area contributed by atoms with Gasteiger partial charge in [-0.3, -0.25) is 9.59 Å². The Labute approximate surface area is 164 Å². The van der Waals surface area contributed by atoms with Crippen molar-refractivity contribution < 1.29 is 9.59 Å². The van der Waals surface area contributed by atoms with Crippen LogP contribution in [0.25, 0.3) is 0 Å². The number of hydrogen-bond donors (Lipinski definition) is 2. The fourth-order valence-corrected chi connectivity index (χ4v) is 7.59. The summed E-state index contributed by atoms with van der Waals surface area (Å²) in [5, 5.41) is 6.57. The summed E-state index contributed by atoms with van der Waals surface area (Å²) in [4.78, 5) is 25.0. The summed E-state index contributed by atoms with van der Waals surface area (Å²) in [5.74, 6) is 2.79. The van der Waals surface area contributed by atoms with E-state index in [-0.39, 0.29) is 34.1 Å². The van der Waals surface area contributed by atoms with Crippen molar-refractivity contribution in [2.75, 3.05) is 0 Å². The molecule has 1 heterocycles. The van der Waals surface area contributed by atoms with Crippen LogP contribution in [0.1, 0.15) is 86.0 Å². The number of nitrogens with one attached hydrogen (secondary N) is 2. The van der Waals surface area contributed by atoms with Crippen molar-refractivity contribution in [3.8, 4) is 0 Å². The molecule has 0 bridgehead atoms. The van der Waals surface area contributed by atoms with Crippen molar-refractivity contribution in [1.82, 2.24) is 10.6 Å². The minimum absolute atomic E-state index is 0.150. The van der Waals surface area contributed by atoms with Crippen LogP contribution in [0, 0.1) is 34.5 Å². The van der Waals surface area contributed by atoms with E-state index >= 15 is 0 Å². The Morgan fingerprint density at radius 3 is 2.41 bits per heavy atom. The third-order valence-electron chi connectivity index (χ3n) is 8.91. The number of fused-ring (bicyclic) bond motifs is 5. The van der Waals surface area contributed by atoms with E-state index < -0.39 is 0 Å². The van der Waals surface area contributed by atoms with Crippen molar-refractivity contribution in [3.63, 3.8) is 0 Å². The Bertz CT molecular complexity index is 639. The molecule has 0 radical (unpaired) electrons. The van der Waals surface area contributed by atoms with Crippen LogP contribution in [0.2, 0.25) is 0 Å². The highest BCUT2D eigenvalue weighted by Gasteiger charge is 2.61. The van der Waals surface area contributed by atoms with E-state index in [1.807, 2.05) is 0 Å². The summed E-state index contributed by atoms with van der Waals surface area (Å²) in [6, 6.07) is 0.366. The molecular formula is C23H38N2O2. The first-order valence-corrected chi connectivity index (χ1v) is 11.2. The van der Waals surface area contributed by atoms with Crippen LogP contribution < -0.4 is 10.6 Å². The molecule has 0 spiro atoms. The van der Waals surface area contributed by atoms with Crippen LogP contribution in [-0.4, -0.2) is 23.4 Å². The van der Waals surface area contributed by atoms with Gasteiger partial charge < -0.3 is 10.6 Å². The quantitative estimate of drug-likeness (QED) is 0.728. The second kappa shape index (κ2) is 6.22. The van der Waals surface area contributed by atoms with E-state index in [1.165, 1.54) is 19.3 Å². The van der Waals surface area contributed by atoms with Crippen LogP contribution in [0.5, 0.6) is 0 Å². The zero-order chi connectivity index (χ0) is 19.6. The van der Waals surface area contributed by atoms with E-state index in [0.717, 1.165) is 31.6 Å². The van der Waals surface area contributed by atoms with Crippen molar-refractivity contribution >= 4 is 11.8 Å².